The van der Waals surface area contributed by atoms with Crippen molar-refractivity contribution in [1.82, 2.24) is 15.6 Å². The number of carbonyl (C=O) groups is 1. The van der Waals surface area contributed by atoms with Crippen molar-refractivity contribution in [1.29, 1.82) is 0 Å². The van der Waals surface area contributed by atoms with E-state index in [1.807, 2.05) is 24.3 Å². The first-order valence-corrected chi connectivity index (χ1v) is 9.00. The molecule has 0 aliphatic heterocycles. The predicted octanol–water partition coefficient (Wildman–Crippen LogP) is 3.73. The van der Waals surface area contributed by atoms with Crippen LogP contribution in [0.25, 0.3) is 11.3 Å². The van der Waals surface area contributed by atoms with Crippen LogP contribution >= 0.6 is 0 Å². The average Bonchev–Trinajstić information content (AvgIpc) is 3.21. The summed E-state index contributed by atoms with van der Waals surface area (Å²) in [7, 11) is 0. The van der Waals surface area contributed by atoms with Gasteiger partial charge in [0.05, 0.1) is 18.0 Å². The lowest BCUT2D eigenvalue weighted by Crippen LogP contribution is -2.19. The third-order valence-electron chi connectivity index (χ3n) is 4.06. The van der Waals surface area contributed by atoms with Gasteiger partial charge in [0.1, 0.15) is 17.2 Å². The Morgan fingerprint density at radius 3 is 2.68 bits per heavy atom. The van der Waals surface area contributed by atoms with E-state index >= 15 is 0 Å². The highest BCUT2D eigenvalue weighted by molar-refractivity contribution is 6.02. The number of ether oxygens (including phenoxy) is 1. The van der Waals surface area contributed by atoms with Crippen molar-refractivity contribution in [3.8, 4) is 22.8 Å². The molecule has 0 aliphatic carbocycles. The monoisotopic (exact) mass is 378 g/mol. The van der Waals surface area contributed by atoms with Gasteiger partial charge in [-0.3, -0.25) is 9.89 Å². The largest absolute Gasteiger partial charge is 0.507 e. The number of phenolic OH excluding ortho intramolecular Hbond substituents is 1. The number of rotatable bonds is 7. The Bertz CT molecular complexity index is 977. The summed E-state index contributed by atoms with van der Waals surface area (Å²) in [5, 5.41) is 20.8. The van der Waals surface area contributed by atoms with E-state index in [1.165, 1.54) is 0 Å². The van der Waals surface area contributed by atoms with Crippen molar-refractivity contribution < 1.29 is 14.6 Å². The fraction of sp³-hybridized carbons (Fsp3) is 0.190. The van der Waals surface area contributed by atoms with Crippen LogP contribution in [0, 0.1) is 0 Å². The summed E-state index contributed by atoms with van der Waals surface area (Å²) in [5.41, 5.74) is 5.32. The molecule has 28 heavy (non-hydrogen) atoms. The van der Waals surface area contributed by atoms with Gasteiger partial charge in [0.15, 0.2) is 0 Å². The number of benzene rings is 2. The molecule has 144 valence electrons. The number of carbonyl (C=O) groups excluding carboxylic acids is 1. The lowest BCUT2D eigenvalue weighted by molar-refractivity contribution is 0.0950. The standard InChI is InChI=1S/C21H22N4O3/c1-3-12-28-16-10-8-15(9-11-16)18-13-19(24-23-18)21(27)25-22-14(2)17-6-4-5-7-20(17)26/h4-11,13,26H,3,12H2,1-2H3,(H,23,24)(H,25,27)/b22-14-. The molecular weight excluding hydrogens is 356 g/mol. The van der Waals surface area contributed by atoms with Crippen LogP contribution in [0.2, 0.25) is 0 Å². The van der Waals surface area contributed by atoms with Gasteiger partial charge >= 0.3 is 0 Å². The molecule has 0 unspecified atom stereocenters. The highest BCUT2D eigenvalue weighted by atomic mass is 16.5. The average molecular weight is 378 g/mol. The van der Waals surface area contributed by atoms with Gasteiger partial charge in [-0.2, -0.15) is 10.2 Å². The molecule has 0 aliphatic rings. The molecule has 3 N–H and O–H groups in total. The number of hydrogen-bond acceptors (Lipinski definition) is 5. The van der Waals surface area contributed by atoms with Crippen LogP contribution in [-0.4, -0.2) is 33.5 Å². The minimum Gasteiger partial charge on any atom is -0.507 e. The van der Waals surface area contributed by atoms with Crippen LogP contribution in [0.15, 0.2) is 59.7 Å². The molecular formula is C21H22N4O3. The quantitative estimate of drug-likeness (QED) is 0.431. The second kappa shape index (κ2) is 8.85. The first-order valence-electron chi connectivity index (χ1n) is 9.00. The summed E-state index contributed by atoms with van der Waals surface area (Å²) in [6.45, 7) is 4.43. The number of amides is 1. The Kier molecular flexibility index (Phi) is 6.06. The lowest BCUT2D eigenvalue weighted by atomic mass is 10.1. The molecule has 0 saturated heterocycles. The molecule has 1 aromatic heterocycles. The van der Waals surface area contributed by atoms with Crippen molar-refractivity contribution in [3.05, 3.63) is 65.9 Å². The van der Waals surface area contributed by atoms with Crippen molar-refractivity contribution >= 4 is 11.6 Å². The summed E-state index contributed by atoms with van der Waals surface area (Å²) >= 11 is 0. The van der Waals surface area contributed by atoms with Crippen molar-refractivity contribution in [2.24, 2.45) is 5.10 Å². The molecule has 0 atom stereocenters. The van der Waals surface area contributed by atoms with E-state index in [-0.39, 0.29) is 11.4 Å². The normalized spacial score (nSPS) is 11.3. The van der Waals surface area contributed by atoms with Crippen molar-refractivity contribution in [3.63, 3.8) is 0 Å². The number of para-hydroxylation sites is 1. The molecule has 1 amide bonds. The summed E-state index contributed by atoms with van der Waals surface area (Å²) in [6, 6.07) is 16.0. The summed E-state index contributed by atoms with van der Waals surface area (Å²) < 4.78 is 5.56. The molecule has 0 fully saturated rings. The van der Waals surface area contributed by atoms with Crippen LogP contribution in [0.1, 0.15) is 36.3 Å². The Hall–Kier alpha value is -3.61. The first-order chi connectivity index (χ1) is 13.6. The number of nitrogens with one attached hydrogen (secondary N) is 2. The second-order valence-corrected chi connectivity index (χ2v) is 6.19. The molecule has 7 nitrogen and oxygen atoms in total. The molecule has 0 bridgehead atoms. The van der Waals surface area contributed by atoms with Crippen molar-refractivity contribution in [2.45, 2.75) is 20.3 Å². The zero-order valence-corrected chi connectivity index (χ0v) is 15.8. The van der Waals surface area contributed by atoms with Gasteiger partial charge in [-0.15, -0.1) is 0 Å². The Morgan fingerprint density at radius 1 is 1.21 bits per heavy atom. The fourth-order valence-corrected chi connectivity index (χ4v) is 2.56. The maximum atomic E-state index is 12.3. The minimum absolute atomic E-state index is 0.105. The van der Waals surface area contributed by atoms with Crippen LogP contribution in [-0.2, 0) is 0 Å². The lowest BCUT2D eigenvalue weighted by Gasteiger charge is -2.04. The molecule has 3 aromatic rings. The molecule has 1 heterocycles. The predicted molar refractivity (Wildman–Crippen MR) is 108 cm³/mol. The second-order valence-electron chi connectivity index (χ2n) is 6.19. The molecule has 0 spiro atoms. The van der Waals surface area contributed by atoms with E-state index in [0.717, 1.165) is 17.7 Å². The van der Waals surface area contributed by atoms with E-state index in [4.69, 9.17) is 4.74 Å². The van der Waals surface area contributed by atoms with Gasteiger partial charge in [0, 0.05) is 11.1 Å². The van der Waals surface area contributed by atoms with Crippen LogP contribution < -0.4 is 10.2 Å². The SMILES string of the molecule is CCCOc1ccc(-c2cc(C(=O)N/N=C(/C)c3ccccc3O)[nH]n2)cc1. The van der Waals surface area contributed by atoms with Crippen LogP contribution in [0.5, 0.6) is 11.5 Å². The zero-order valence-electron chi connectivity index (χ0n) is 15.8. The number of aromatic amines is 1. The molecule has 2 aromatic carbocycles. The van der Waals surface area contributed by atoms with Gasteiger partial charge in [0.2, 0.25) is 0 Å². The van der Waals surface area contributed by atoms with Gasteiger partial charge in [-0.1, -0.05) is 19.1 Å². The highest BCUT2D eigenvalue weighted by Gasteiger charge is 2.11. The van der Waals surface area contributed by atoms with Gasteiger partial charge in [0.25, 0.3) is 5.91 Å². The number of hydrazone groups is 1. The minimum atomic E-state index is -0.420. The van der Waals surface area contributed by atoms with E-state index < -0.39 is 5.91 Å². The summed E-state index contributed by atoms with van der Waals surface area (Å²) in [5.74, 6) is 0.484. The topological polar surface area (TPSA) is 99.6 Å². The Balaban J connectivity index is 1.67. The van der Waals surface area contributed by atoms with Crippen molar-refractivity contribution in [2.75, 3.05) is 6.61 Å². The molecule has 0 radical (unpaired) electrons. The van der Waals surface area contributed by atoms with Gasteiger partial charge in [-0.25, -0.2) is 5.43 Å². The maximum Gasteiger partial charge on any atom is 0.289 e. The van der Waals surface area contributed by atoms with E-state index in [2.05, 4.69) is 27.6 Å². The Morgan fingerprint density at radius 2 is 1.96 bits per heavy atom. The third kappa shape index (κ3) is 4.56. The van der Waals surface area contributed by atoms with Crippen LogP contribution in [0.4, 0.5) is 0 Å². The number of nitrogens with zero attached hydrogens (tertiary/aromatic N) is 2. The van der Waals surface area contributed by atoms with E-state index in [1.54, 1.807) is 37.3 Å². The molecule has 0 saturated carbocycles. The summed E-state index contributed by atoms with van der Waals surface area (Å²) in [4.78, 5) is 12.3. The number of H-pyrrole nitrogens is 1. The molecule has 3 rings (SSSR count). The molecule has 7 heteroatoms. The Labute approximate surface area is 163 Å². The maximum absolute atomic E-state index is 12.3. The van der Waals surface area contributed by atoms with Crippen LogP contribution in [0.3, 0.4) is 0 Å². The summed E-state index contributed by atoms with van der Waals surface area (Å²) in [6.07, 6.45) is 0.950. The number of aromatic hydroxyl groups is 1. The van der Waals surface area contributed by atoms with Gasteiger partial charge < -0.3 is 9.84 Å². The van der Waals surface area contributed by atoms with E-state index in [9.17, 15) is 9.90 Å². The van der Waals surface area contributed by atoms with Gasteiger partial charge in [-0.05, 0) is 55.8 Å². The number of hydrogen-bond donors (Lipinski definition) is 3. The highest BCUT2D eigenvalue weighted by Crippen LogP contribution is 2.21. The number of phenols is 1. The van der Waals surface area contributed by atoms with E-state index in [0.29, 0.717) is 23.6 Å². The number of aromatic nitrogens is 2. The fourth-order valence-electron chi connectivity index (χ4n) is 2.56. The zero-order chi connectivity index (χ0) is 19.9. The smallest absolute Gasteiger partial charge is 0.289 e. The third-order valence-corrected chi connectivity index (χ3v) is 4.06. The first kappa shape index (κ1) is 19.2.